The van der Waals surface area contributed by atoms with Gasteiger partial charge in [-0.3, -0.25) is 0 Å². The number of benzene rings is 3. The number of rotatable bonds is 4. The van der Waals surface area contributed by atoms with E-state index in [0.717, 1.165) is 21.9 Å². The molecule has 0 amide bonds. The van der Waals surface area contributed by atoms with E-state index < -0.39 is 0 Å². The molecule has 0 unspecified atom stereocenters. The van der Waals surface area contributed by atoms with Crippen LogP contribution in [0.2, 0.25) is 5.02 Å². The molecule has 106 valence electrons. The molecule has 0 saturated carbocycles. The molecular weight excluding hydrogens is 298 g/mol. The Morgan fingerprint density at radius 2 is 1.57 bits per heavy atom. The molecule has 0 aliphatic carbocycles. The van der Waals surface area contributed by atoms with Crippen LogP contribution >= 0.6 is 23.4 Å². The third-order valence-electron chi connectivity index (χ3n) is 3.39. The highest BCUT2D eigenvalue weighted by Crippen LogP contribution is 2.32. The molecule has 0 bridgehead atoms. The van der Waals surface area contributed by atoms with Gasteiger partial charge in [-0.1, -0.05) is 59.8 Å². The summed E-state index contributed by atoms with van der Waals surface area (Å²) >= 11 is 8.03. The average molecular weight is 314 g/mol. The Labute approximate surface area is 134 Å². The molecule has 0 atom stereocenters. The topological polar surface area (TPSA) is 26.0 Å². The van der Waals surface area contributed by atoms with Crippen molar-refractivity contribution in [3.63, 3.8) is 0 Å². The molecule has 3 aromatic rings. The Hall–Kier alpha value is -1.48. The zero-order valence-corrected chi connectivity index (χ0v) is 13.1. The van der Waals surface area contributed by atoms with Crippen molar-refractivity contribution in [2.24, 2.45) is 5.73 Å². The van der Waals surface area contributed by atoms with E-state index in [0.29, 0.717) is 6.54 Å². The Bertz CT molecular complexity index is 770. The SMILES string of the molecule is NCCc1ccc(Sc2ccc3ccccc3c2)cc1Cl. The number of hydrogen-bond donors (Lipinski definition) is 1. The summed E-state index contributed by atoms with van der Waals surface area (Å²) in [6, 6.07) is 21.1. The first-order valence-corrected chi connectivity index (χ1v) is 8.11. The lowest BCUT2D eigenvalue weighted by Crippen LogP contribution is -2.02. The van der Waals surface area contributed by atoms with Crippen LogP contribution in [0.3, 0.4) is 0 Å². The molecule has 0 aliphatic heterocycles. The van der Waals surface area contributed by atoms with E-state index in [1.807, 2.05) is 6.07 Å². The van der Waals surface area contributed by atoms with Crippen LogP contribution in [-0.2, 0) is 6.42 Å². The number of nitrogens with two attached hydrogens (primary N) is 1. The van der Waals surface area contributed by atoms with Gasteiger partial charge < -0.3 is 5.73 Å². The van der Waals surface area contributed by atoms with Crippen molar-refractivity contribution in [1.29, 1.82) is 0 Å². The molecule has 0 aromatic heterocycles. The second-order valence-corrected chi connectivity index (χ2v) is 6.46. The normalized spacial score (nSPS) is 11.0. The lowest BCUT2D eigenvalue weighted by molar-refractivity contribution is 0.967. The molecule has 0 saturated heterocycles. The van der Waals surface area contributed by atoms with E-state index in [2.05, 4.69) is 54.6 Å². The smallest absolute Gasteiger partial charge is 0.0449 e. The van der Waals surface area contributed by atoms with Crippen LogP contribution in [0.15, 0.2) is 70.5 Å². The third-order valence-corrected chi connectivity index (χ3v) is 4.73. The molecule has 0 spiro atoms. The lowest BCUT2D eigenvalue weighted by Gasteiger charge is -2.07. The minimum atomic E-state index is 0.622. The summed E-state index contributed by atoms with van der Waals surface area (Å²) < 4.78 is 0. The first-order valence-electron chi connectivity index (χ1n) is 6.91. The Morgan fingerprint density at radius 3 is 2.33 bits per heavy atom. The van der Waals surface area contributed by atoms with Gasteiger partial charge in [0.05, 0.1) is 0 Å². The largest absolute Gasteiger partial charge is 0.330 e. The minimum absolute atomic E-state index is 0.622. The van der Waals surface area contributed by atoms with Gasteiger partial charge in [-0.25, -0.2) is 0 Å². The molecule has 3 heteroatoms. The van der Waals surface area contributed by atoms with Crippen molar-refractivity contribution in [2.75, 3.05) is 6.54 Å². The minimum Gasteiger partial charge on any atom is -0.330 e. The highest BCUT2D eigenvalue weighted by atomic mass is 35.5. The fourth-order valence-electron chi connectivity index (χ4n) is 2.32. The number of hydrogen-bond acceptors (Lipinski definition) is 2. The van der Waals surface area contributed by atoms with Crippen LogP contribution in [0.5, 0.6) is 0 Å². The molecule has 0 heterocycles. The van der Waals surface area contributed by atoms with Crippen LogP contribution in [0.25, 0.3) is 10.8 Å². The second kappa shape index (κ2) is 6.52. The quantitative estimate of drug-likeness (QED) is 0.721. The van der Waals surface area contributed by atoms with Crippen LogP contribution in [0, 0.1) is 0 Å². The maximum absolute atomic E-state index is 6.30. The third kappa shape index (κ3) is 3.41. The zero-order chi connectivity index (χ0) is 14.7. The van der Waals surface area contributed by atoms with Gasteiger partial charge in [0.2, 0.25) is 0 Å². The van der Waals surface area contributed by atoms with Gasteiger partial charge in [0.15, 0.2) is 0 Å². The van der Waals surface area contributed by atoms with Gasteiger partial charge in [-0.05, 0) is 53.6 Å². The predicted octanol–water partition coefficient (Wildman–Crippen LogP) is 5.15. The highest BCUT2D eigenvalue weighted by molar-refractivity contribution is 7.99. The van der Waals surface area contributed by atoms with E-state index in [9.17, 15) is 0 Å². The average Bonchev–Trinajstić information content (AvgIpc) is 2.50. The molecule has 0 radical (unpaired) electrons. The van der Waals surface area contributed by atoms with E-state index in [1.54, 1.807) is 11.8 Å². The summed E-state index contributed by atoms with van der Waals surface area (Å²) in [6.45, 7) is 0.622. The second-order valence-electron chi connectivity index (χ2n) is 4.90. The maximum Gasteiger partial charge on any atom is 0.0449 e. The van der Waals surface area contributed by atoms with Crippen molar-refractivity contribution in [3.8, 4) is 0 Å². The van der Waals surface area contributed by atoms with Gasteiger partial charge in [-0.15, -0.1) is 0 Å². The Balaban J connectivity index is 1.86. The van der Waals surface area contributed by atoms with E-state index in [4.69, 9.17) is 17.3 Å². The molecule has 1 nitrogen and oxygen atoms in total. The summed E-state index contributed by atoms with van der Waals surface area (Å²) in [5.74, 6) is 0. The number of halogens is 1. The van der Waals surface area contributed by atoms with Gasteiger partial charge in [-0.2, -0.15) is 0 Å². The van der Waals surface area contributed by atoms with Crippen LogP contribution in [0.4, 0.5) is 0 Å². The molecule has 21 heavy (non-hydrogen) atoms. The first-order chi connectivity index (χ1) is 10.3. The predicted molar refractivity (Wildman–Crippen MR) is 92.3 cm³/mol. The van der Waals surface area contributed by atoms with E-state index in [1.165, 1.54) is 15.7 Å². The summed E-state index contributed by atoms with van der Waals surface area (Å²) in [4.78, 5) is 2.37. The van der Waals surface area contributed by atoms with Crippen molar-refractivity contribution in [2.45, 2.75) is 16.2 Å². The fraction of sp³-hybridized carbons (Fsp3) is 0.111. The molecule has 3 aromatic carbocycles. The first kappa shape index (κ1) is 14.5. The maximum atomic E-state index is 6.30. The Kier molecular flexibility index (Phi) is 4.49. The van der Waals surface area contributed by atoms with Gasteiger partial charge in [0.1, 0.15) is 0 Å². The van der Waals surface area contributed by atoms with E-state index >= 15 is 0 Å². The summed E-state index contributed by atoms with van der Waals surface area (Å²) in [5.41, 5.74) is 6.69. The van der Waals surface area contributed by atoms with Crippen molar-refractivity contribution >= 4 is 34.1 Å². The number of fused-ring (bicyclic) bond motifs is 1. The van der Waals surface area contributed by atoms with Crippen molar-refractivity contribution < 1.29 is 0 Å². The Morgan fingerprint density at radius 1 is 0.857 bits per heavy atom. The molecule has 0 fully saturated rings. The standard InChI is InChI=1S/C18H16ClNS/c19-18-12-17(8-6-14(18)9-10-20)21-16-7-5-13-3-1-2-4-15(13)11-16/h1-8,11-12H,9-10,20H2. The molecular formula is C18H16ClNS. The lowest BCUT2D eigenvalue weighted by atomic mass is 10.1. The van der Waals surface area contributed by atoms with Crippen LogP contribution < -0.4 is 5.73 Å². The van der Waals surface area contributed by atoms with Gasteiger partial charge >= 0.3 is 0 Å². The van der Waals surface area contributed by atoms with Crippen LogP contribution in [-0.4, -0.2) is 6.54 Å². The van der Waals surface area contributed by atoms with Crippen molar-refractivity contribution in [3.05, 3.63) is 71.2 Å². The fourth-order valence-corrected chi connectivity index (χ4v) is 3.56. The zero-order valence-electron chi connectivity index (χ0n) is 11.6. The highest BCUT2D eigenvalue weighted by Gasteiger charge is 2.04. The molecule has 3 rings (SSSR count). The van der Waals surface area contributed by atoms with E-state index in [-0.39, 0.29) is 0 Å². The summed E-state index contributed by atoms with van der Waals surface area (Å²) in [6.07, 6.45) is 0.819. The summed E-state index contributed by atoms with van der Waals surface area (Å²) in [7, 11) is 0. The van der Waals surface area contributed by atoms with Gasteiger partial charge in [0, 0.05) is 14.8 Å². The van der Waals surface area contributed by atoms with Crippen molar-refractivity contribution in [1.82, 2.24) is 0 Å². The monoisotopic (exact) mass is 313 g/mol. The summed E-state index contributed by atoms with van der Waals surface area (Å²) in [5, 5.41) is 3.32. The molecule has 2 N–H and O–H groups in total. The van der Waals surface area contributed by atoms with Gasteiger partial charge in [0.25, 0.3) is 0 Å². The van der Waals surface area contributed by atoms with Crippen LogP contribution in [0.1, 0.15) is 5.56 Å². The molecule has 0 aliphatic rings.